The molecule has 0 aliphatic rings. The minimum atomic E-state index is -0.0456. The quantitative estimate of drug-likeness (QED) is 0.767. The Balaban J connectivity index is 2.39. The maximum absolute atomic E-state index is 12.0. The van der Waals surface area contributed by atoms with Crippen molar-refractivity contribution in [2.45, 2.75) is 46.1 Å². The molecule has 1 heterocycles. The van der Waals surface area contributed by atoms with Gasteiger partial charge >= 0.3 is 0 Å². The maximum Gasteiger partial charge on any atom is 0.220 e. The first-order valence-corrected chi connectivity index (χ1v) is 7.45. The van der Waals surface area contributed by atoms with Gasteiger partial charge in [0.05, 0.1) is 11.7 Å². The molecule has 2 atom stereocenters. The van der Waals surface area contributed by atoms with Crippen molar-refractivity contribution in [1.29, 1.82) is 0 Å². The van der Waals surface area contributed by atoms with Crippen molar-refractivity contribution in [2.24, 2.45) is 17.6 Å². The Morgan fingerprint density at radius 3 is 2.60 bits per heavy atom. The van der Waals surface area contributed by atoms with E-state index in [9.17, 15) is 4.79 Å². The van der Waals surface area contributed by atoms with Crippen LogP contribution >= 0.6 is 0 Å². The van der Waals surface area contributed by atoms with Crippen LogP contribution in [-0.4, -0.2) is 17.4 Å². The van der Waals surface area contributed by atoms with E-state index in [1.165, 1.54) is 0 Å². The molecule has 0 saturated carbocycles. The topological polar surface area (TPSA) is 68.0 Å². The van der Waals surface area contributed by atoms with Crippen molar-refractivity contribution in [3.63, 3.8) is 0 Å². The van der Waals surface area contributed by atoms with Gasteiger partial charge in [-0.1, -0.05) is 19.9 Å². The molecule has 20 heavy (non-hydrogen) atoms. The van der Waals surface area contributed by atoms with Crippen LogP contribution in [0.5, 0.6) is 0 Å². The van der Waals surface area contributed by atoms with Crippen LogP contribution in [0, 0.1) is 11.8 Å². The van der Waals surface area contributed by atoms with Crippen LogP contribution in [0.15, 0.2) is 24.4 Å². The van der Waals surface area contributed by atoms with Gasteiger partial charge in [-0.3, -0.25) is 9.78 Å². The highest BCUT2D eigenvalue weighted by Gasteiger charge is 2.16. The van der Waals surface area contributed by atoms with Crippen molar-refractivity contribution in [1.82, 2.24) is 10.3 Å². The number of nitrogens with two attached hydrogens (primary N) is 1. The van der Waals surface area contributed by atoms with Crippen molar-refractivity contribution in [3.05, 3.63) is 30.1 Å². The lowest BCUT2D eigenvalue weighted by Crippen LogP contribution is -2.28. The fourth-order valence-corrected chi connectivity index (χ4v) is 2.36. The Morgan fingerprint density at radius 1 is 1.30 bits per heavy atom. The summed E-state index contributed by atoms with van der Waals surface area (Å²) in [7, 11) is 0. The lowest BCUT2D eigenvalue weighted by atomic mass is 9.88. The van der Waals surface area contributed by atoms with Crippen LogP contribution in [0.1, 0.15) is 51.8 Å². The van der Waals surface area contributed by atoms with Crippen molar-refractivity contribution >= 4 is 5.91 Å². The Bertz CT molecular complexity index is 392. The number of nitrogens with one attached hydrogen (secondary N) is 1. The van der Waals surface area contributed by atoms with Crippen LogP contribution in [-0.2, 0) is 4.79 Å². The van der Waals surface area contributed by atoms with Gasteiger partial charge in [0.1, 0.15) is 0 Å². The van der Waals surface area contributed by atoms with E-state index in [-0.39, 0.29) is 11.9 Å². The SMILES string of the molecule is CC(C)C(CCN)CCC(=O)N[C@H](C)c1ccccn1. The number of nitrogens with zero attached hydrogens (tertiary/aromatic N) is 1. The lowest BCUT2D eigenvalue weighted by molar-refractivity contribution is -0.122. The molecule has 1 amide bonds. The molecule has 0 fully saturated rings. The third-order valence-electron chi connectivity index (χ3n) is 3.73. The fraction of sp³-hybridized carbons (Fsp3) is 0.625. The molecule has 1 unspecified atom stereocenters. The average molecular weight is 277 g/mol. The van der Waals surface area contributed by atoms with E-state index >= 15 is 0 Å². The van der Waals surface area contributed by atoms with Gasteiger partial charge < -0.3 is 11.1 Å². The van der Waals surface area contributed by atoms with Crippen LogP contribution in [0.2, 0.25) is 0 Å². The van der Waals surface area contributed by atoms with E-state index in [0.717, 1.165) is 18.5 Å². The summed E-state index contributed by atoms with van der Waals surface area (Å²) in [4.78, 5) is 16.2. The Hall–Kier alpha value is -1.42. The number of hydrogen-bond donors (Lipinski definition) is 2. The van der Waals surface area contributed by atoms with Crippen molar-refractivity contribution < 1.29 is 4.79 Å². The van der Waals surface area contributed by atoms with E-state index in [4.69, 9.17) is 5.73 Å². The minimum Gasteiger partial charge on any atom is -0.348 e. The van der Waals surface area contributed by atoms with Crippen LogP contribution in [0.3, 0.4) is 0 Å². The van der Waals surface area contributed by atoms with Gasteiger partial charge in [-0.05, 0) is 50.3 Å². The number of aromatic nitrogens is 1. The monoisotopic (exact) mass is 277 g/mol. The standard InChI is InChI=1S/C16H27N3O/c1-12(2)14(9-10-17)7-8-16(20)19-13(3)15-6-4-5-11-18-15/h4-6,11-14H,7-10,17H2,1-3H3,(H,19,20)/t13-,14?/m1/s1. The summed E-state index contributed by atoms with van der Waals surface area (Å²) in [5.41, 5.74) is 6.51. The highest BCUT2D eigenvalue weighted by Crippen LogP contribution is 2.20. The third kappa shape index (κ3) is 5.70. The Kier molecular flexibility index (Phi) is 7.23. The van der Waals surface area contributed by atoms with E-state index < -0.39 is 0 Å². The first-order chi connectivity index (χ1) is 9.54. The number of pyridine rings is 1. The summed E-state index contributed by atoms with van der Waals surface area (Å²) in [5, 5.41) is 3.00. The molecule has 0 radical (unpaired) electrons. The molecule has 0 aromatic carbocycles. The van der Waals surface area contributed by atoms with Crippen molar-refractivity contribution in [2.75, 3.05) is 6.54 Å². The fourth-order valence-electron chi connectivity index (χ4n) is 2.36. The molecule has 1 aromatic rings. The van der Waals surface area contributed by atoms with E-state index in [1.807, 2.05) is 25.1 Å². The number of amides is 1. The van der Waals surface area contributed by atoms with Gasteiger partial charge in [-0.25, -0.2) is 0 Å². The molecule has 0 aliphatic heterocycles. The van der Waals surface area contributed by atoms with E-state index in [2.05, 4.69) is 24.1 Å². The number of carbonyl (C=O) groups is 1. The first-order valence-electron chi connectivity index (χ1n) is 7.45. The van der Waals surface area contributed by atoms with Crippen LogP contribution in [0.25, 0.3) is 0 Å². The molecule has 0 bridgehead atoms. The van der Waals surface area contributed by atoms with Gasteiger partial charge in [0.2, 0.25) is 5.91 Å². The molecular formula is C16H27N3O. The Labute approximate surface area is 122 Å². The predicted molar refractivity (Wildman–Crippen MR) is 82.0 cm³/mol. The summed E-state index contributed by atoms with van der Waals surface area (Å²) in [6.45, 7) is 7.03. The molecule has 1 aromatic heterocycles. The van der Waals surface area contributed by atoms with Gasteiger partial charge in [-0.2, -0.15) is 0 Å². The number of rotatable bonds is 8. The summed E-state index contributed by atoms with van der Waals surface area (Å²) < 4.78 is 0. The lowest BCUT2D eigenvalue weighted by Gasteiger charge is -2.20. The van der Waals surface area contributed by atoms with Crippen LogP contribution < -0.4 is 11.1 Å². The molecule has 4 nitrogen and oxygen atoms in total. The molecule has 0 spiro atoms. The molecule has 0 aliphatic carbocycles. The van der Waals surface area contributed by atoms with Gasteiger partial charge in [0.15, 0.2) is 0 Å². The van der Waals surface area contributed by atoms with Crippen molar-refractivity contribution in [3.8, 4) is 0 Å². The highest BCUT2D eigenvalue weighted by molar-refractivity contribution is 5.76. The summed E-state index contributed by atoms with van der Waals surface area (Å²) in [6, 6.07) is 5.69. The zero-order valence-corrected chi connectivity index (χ0v) is 12.8. The largest absolute Gasteiger partial charge is 0.348 e. The molecule has 112 valence electrons. The zero-order chi connectivity index (χ0) is 15.0. The Morgan fingerprint density at radius 2 is 2.05 bits per heavy atom. The third-order valence-corrected chi connectivity index (χ3v) is 3.73. The second kappa shape index (κ2) is 8.69. The van der Waals surface area contributed by atoms with Crippen LogP contribution in [0.4, 0.5) is 0 Å². The molecular weight excluding hydrogens is 250 g/mol. The zero-order valence-electron chi connectivity index (χ0n) is 12.8. The van der Waals surface area contributed by atoms with E-state index in [1.54, 1.807) is 6.20 Å². The maximum atomic E-state index is 12.0. The summed E-state index contributed by atoms with van der Waals surface area (Å²) >= 11 is 0. The second-order valence-electron chi connectivity index (χ2n) is 5.66. The first kappa shape index (κ1) is 16.6. The number of carbonyl (C=O) groups excluding carboxylic acids is 1. The second-order valence-corrected chi connectivity index (χ2v) is 5.66. The number of hydrogen-bond acceptors (Lipinski definition) is 3. The highest BCUT2D eigenvalue weighted by atomic mass is 16.1. The molecule has 0 saturated heterocycles. The normalized spacial score (nSPS) is 14.1. The predicted octanol–water partition coefficient (Wildman–Crippen LogP) is 2.66. The summed E-state index contributed by atoms with van der Waals surface area (Å²) in [6.07, 6.45) is 4.18. The smallest absolute Gasteiger partial charge is 0.220 e. The molecule has 3 N–H and O–H groups in total. The van der Waals surface area contributed by atoms with Gasteiger partial charge in [0, 0.05) is 12.6 Å². The summed E-state index contributed by atoms with van der Waals surface area (Å²) in [5.74, 6) is 1.18. The minimum absolute atomic E-state index is 0.0456. The molecule has 1 rings (SSSR count). The molecule has 4 heteroatoms. The van der Waals surface area contributed by atoms with Gasteiger partial charge in [0.25, 0.3) is 0 Å². The average Bonchev–Trinajstić information content (AvgIpc) is 2.44. The van der Waals surface area contributed by atoms with Gasteiger partial charge in [-0.15, -0.1) is 0 Å². The van der Waals surface area contributed by atoms with E-state index in [0.29, 0.717) is 24.8 Å².